The Morgan fingerprint density at radius 3 is 3.00 bits per heavy atom. The number of ether oxygens (including phenoxy) is 1. The van der Waals surface area contributed by atoms with Crippen molar-refractivity contribution in [3.8, 4) is 0 Å². The number of carbonyl (C=O) groups is 1. The fraction of sp³-hybridized carbons (Fsp3) is 0.909. The van der Waals surface area contributed by atoms with Crippen LogP contribution in [0.15, 0.2) is 0 Å². The van der Waals surface area contributed by atoms with Crippen LogP contribution in [-0.4, -0.2) is 50.2 Å². The van der Waals surface area contributed by atoms with E-state index in [2.05, 4.69) is 24.1 Å². The van der Waals surface area contributed by atoms with Crippen LogP contribution in [0.25, 0.3) is 0 Å². The summed E-state index contributed by atoms with van der Waals surface area (Å²) in [5.41, 5.74) is 0. The molecule has 0 spiro atoms. The van der Waals surface area contributed by atoms with E-state index in [0.29, 0.717) is 12.5 Å². The van der Waals surface area contributed by atoms with E-state index < -0.39 is 0 Å². The van der Waals surface area contributed by atoms with Crippen LogP contribution in [0.3, 0.4) is 0 Å². The summed E-state index contributed by atoms with van der Waals surface area (Å²) < 4.78 is 5.42. The second-order valence-electron chi connectivity index (χ2n) is 4.25. The Bertz CT molecular complexity index is 209. The number of hydrogen-bond acceptors (Lipinski definition) is 3. The standard InChI is InChI=1S/C11H22N2O2/c1-4-9(2)7-13-5-6-15-10(8-13)11(14)12-3/h9-10H,4-8H2,1-3H3,(H,12,14)/t9-,10-/m0/s1. The van der Waals surface area contributed by atoms with Gasteiger partial charge in [-0.15, -0.1) is 0 Å². The number of morpholine rings is 1. The summed E-state index contributed by atoms with van der Waals surface area (Å²) in [6.07, 6.45) is 0.898. The molecule has 0 aliphatic carbocycles. The zero-order valence-corrected chi connectivity index (χ0v) is 9.95. The van der Waals surface area contributed by atoms with Gasteiger partial charge in [-0.25, -0.2) is 0 Å². The lowest BCUT2D eigenvalue weighted by atomic mass is 10.1. The van der Waals surface area contributed by atoms with E-state index in [1.807, 2.05) is 0 Å². The van der Waals surface area contributed by atoms with Gasteiger partial charge in [-0.1, -0.05) is 20.3 Å². The Morgan fingerprint density at radius 1 is 1.67 bits per heavy atom. The molecule has 4 nitrogen and oxygen atoms in total. The monoisotopic (exact) mass is 214 g/mol. The van der Waals surface area contributed by atoms with Gasteiger partial charge in [0.05, 0.1) is 6.61 Å². The maximum absolute atomic E-state index is 11.4. The number of amides is 1. The van der Waals surface area contributed by atoms with Gasteiger partial charge < -0.3 is 10.1 Å². The van der Waals surface area contributed by atoms with Crippen molar-refractivity contribution in [1.29, 1.82) is 0 Å². The molecular weight excluding hydrogens is 192 g/mol. The van der Waals surface area contributed by atoms with Crippen molar-refractivity contribution in [3.05, 3.63) is 0 Å². The van der Waals surface area contributed by atoms with Gasteiger partial charge in [0, 0.05) is 26.7 Å². The second-order valence-corrected chi connectivity index (χ2v) is 4.25. The van der Waals surface area contributed by atoms with E-state index in [4.69, 9.17) is 4.74 Å². The summed E-state index contributed by atoms with van der Waals surface area (Å²) in [6, 6.07) is 0. The first-order chi connectivity index (χ1) is 7.17. The van der Waals surface area contributed by atoms with Gasteiger partial charge in [-0.2, -0.15) is 0 Å². The number of likely N-dealkylation sites (N-methyl/N-ethyl adjacent to an activating group) is 1. The molecule has 1 aliphatic rings. The number of nitrogens with one attached hydrogen (secondary N) is 1. The quantitative estimate of drug-likeness (QED) is 0.740. The molecule has 1 heterocycles. The van der Waals surface area contributed by atoms with Gasteiger partial charge in [0.2, 0.25) is 5.91 Å². The highest BCUT2D eigenvalue weighted by molar-refractivity contribution is 5.80. The topological polar surface area (TPSA) is 41.6 Å². The molecule has 1 rings (SSSR count). The molecular formula is C11H22N2O2. The first kappa shape index (κ1) is 12.5. The number of rotatable bonds is 4. The molecule has 1 N–H and O–H groups in total. The molecule has 0 radical (unpaired) electrons. The normalized spacial score (nSPS) is 24.9. The zero-order chi connectivity index (χ0) is 11.3. The Hall–Kier alpha value is -0.610. The number of hydrogen-bond donors (Lipinski definition) is 1. The smallest absolute Gasteiger partial charge is 0.250 e. The lowest BCUT2D eigenvalue weighted by Crippen LogP contribution is -2.50. The average Bonchev–Trinajstić information content (AvgIpc) is 2.28. The SMILES string of the molecule is CC[C@H](C)CN1CCO[C@H](C(=O)NC)C1. The fourth-order valence-corrected chi connectivity index (χ4v) is 1.76. The number of carbonyl (C=O) groups excluding carboxylic acids is 1. The fourth-order valence-electron chi connectivity index (χ4n) is 1.76. The Labute approximate surface area is 92.0 Å². The highest BCUT2D eigenvalue weighted by Crippen LogP contribution is 2.10. The maximum Gasteiger partial charge on any atom is 0.250 e. The molecule has 0 unspecified atom stereocenters. The molecule has 4 heteroatoms. The van der Waals surface area contributed by atoms with Crippen molar-refractivity contribution in [1.82, 2.24) is 10.2 Å². The Morgan fingerprint density at radius 2 is 2.40 bits per heavy atom. The van der Waals surface area contributed by atoms with E-state index in [0.717, 1.165) is 19.6 Å². The summed E-state index contributed by atoms with van der Waals surface area (Å²) in [7, 11) is 1.65. The van der Waals surface area contributed by atoms with Crippen LogP contribution in [0.1, 0.15) is 20.3 Å². The van der Waals surface area contributed by atoms with Crippen LogP contribution in [0.5, 0.6) is 0 Å². The molecule has 1 amide bonds. The largest absolute Gasteiger partial charge is 0.366 e. The molecule has 0 aromatic carbocycles. The van der Waals surface area contributed by atoms with Gasteiger partial charge in [0.1, 0.15) is 6.10 Å². The third-order valence-electron chi connectivity index (χ3n) is 2.96. The van der Waals surface area contributed by atoms with Crippen LogP contribution >= 0.6 is 0 Å². The predicted octanol–water partition coefficient (Wildman–Crippen LogP) is 0.479. The molecule has 15 heavy (non-hydrogen) atoms. The lowest BCUT2D eigenvalue weighted by molar-refractivity contribution is -0.138. The van der Waals surface area contributed by atoms with E-state index in [-0.39, 0.29) is 12.0 Å². The van der Waals surface area contributed by atoms with Gasteiger partial charge in [0.25, 0.3) is 0 Å². The third kappa shape index (κ3) is 3.80. The van der Waals surface area contributed by atoms with Crippen molar-refractivity contribution in [3.63, 3.8) is 0 Å². The third-order valence-corrected chi connectivity index (χ3v) is 2.96. The highest BCUT2D eigenvalue weighted by atomic mass is 16.5. The van der Waals surface area contributed by atoms with E-state index in [1.165, 1.54) is 6.42 Å². The van der Waals surface area contributed by atoms with Crippen LogP contribution in [0.2, 0.25) is 0 Å². The molecule has 0 bridgehead atoms. The first-order valence-electron chi connectivity index (χ1n) is 5.73. The van der Waals surface area contributed by atoms with E-state index in [9.17, 15) is 4.79 Å². The molecule has 0 saturated carbocycles. The summed E-state index contributed by atoms with van der Waals surface area (Å²) in [4.78, 5) is 13.7. The molecule has 1 fully saturated rings. The molecule has 2 atom stereocenters. The van der Waals surface area contributed by atoms with Crippen LogP contribution < -0.4 is 5.32 Å². The maximum atomic E-state index is 11.4. The van der Waals surface area contributed by atoms with Gasteiger partial charge in [-0.05, 0) is 5.92 Å². The zero-order valence-electron chi connectivity index (χ0n) is 9.95. The summed E-state index contributed by atoms with van der Waals surface area (Å²) in [5.74, 6) is 0.678. The van der Waals surface area contributed by atoms with Crippen LogP contribution in [-0.2, 0) is 9.53 Å². The molecule has 88 valence electrons. The van der Waals surface area contributed by atoms with Crippen molar-refractivity contribution in [2.75, 3.05) is 33.3 Å². The molecule has 0 aromatic heterocycles. The lowest BCUT2D eigenvalue weighted by Gasteiger charge is -2.33. The summed E-state index contributed by atoms with van der Waals surface area (Å²) >= 11 is 0. The Balaban J connectivity index is 2.38. The van der Waals surface area contributed by atoms with Crippen molar-refractivity contribution < 1.29 is 9.53 Å². The highest BCUT2D eigenvalue weighted by Gasteiger charge is 2.26. The van der Waals surface area contributed by atoms with Crippen LogP contribution in [0.4, 0.5) is 0 Å². The van der Waals surface area contributed by atoms with Crippen molar-refractivity contribution >= 4 is 5.91 Å². The molecule has 1 aliphatic heterocycles. The molecule has 0 aromatic rings. The minimum Gasteiger partial charge on any atom is -0.366 e. The van der Waals surface area contributed by atoms with E-state index >= 15 is 0 Å². The van der Waals surface area contributed by atoms with Crippen molar-refractivity contribution in [2.24, 2.45) is 5.92 Å². The summed E-state index contributed by atoms with van der Waals surface area (Å²) in [6.45, 7) is 7.83. The minimum absolute atomic E-state index is 0.0103. The van der Waals surface area contributed by atoms with E-state index in [1.54, 1.807) is 7.05 Å². The van der Waals surface area contributed by atoms with Crippen LogP contribution in [0, 0.1) is 5.92 Å². The molecule has 1 saturated heterocycles. The Kier molecular flexibility index (Phi) is 5.05. The van der Waals surface area contributed by atoms with Gasteiger partial charge in [-0.3, -0.25) is 9.69 Å². The second kappa shape index (κ2) is 6.08. The van der Waals surface area contributed by atoms with Crippen molar-refractivity contribution in [2.45, 2.75) is 26.4 Å². The first-order valence-corrected chi connectivity index (χ1v) is 5.73. The van der Waals surface area contributed by atoms with Gasteiger partial charge in [0.15, 0.2) is 0 Å². The predicted molar refractivity (Wildman–Crippen MR) is 59.7 cm³/mol. The minimum atomic E-state index is -0.284. The summed E-state index contributed by atoms with van der Waals surface area (Å²) in [5, 5.41) is 2.63. The average molecular weight is 214 g/mol. The van der Waals surface area contributed by atoms with Gasteiger partial charge >= 0.3 is 0 Å². The number of nitrogens with zero attached hydrogens (tertiary/aromatic N) is 1.